The van der Waals surface area contributed by atoms with Gasteiger partial charge in [-0.25, -0.2) is 9.78 Å². The van der Waals surface area contributed by atoms with Gasteiger partial charge >= 0.3 is 5.97 Å². The third-order valence-corrected chi connectivity index (χ3v) is 4.99. The molecule has 0 aliphatic carbocycles. The number of nitrogens with one attached hydrogen (secondary N) is 3. The van der Waals surface area contributed by atoms with Gasteiger partial charge in [0.2, 0.25) is 23.6 Å². The van der Waals surface area contributed by atoms with Crippen molar-refractivity contribution < 1.29 is 34.2 Å². The fourth-order valence-electron chi connectivity index (χ4n) is 3.35. The molecule has 176 valence electrons. The number of carboxylic acid groups (broad SMARTS) is 1. The number of aromatic nitrogens is 2. The van der Waals surface area contributed by atoms with Crippen LogP contribution in [-0.2, 0) is 30.4 Å². The summed E-state index contributed by atoms with van der Waals surface area (Å²) < 4.78 is 0. The minimum Gasteiger partial charge on any atom is -0.480 e. The van der Waals surface area contributed by atoms with Crippen LogP contribution in [0.25, 0.3) is 0 Å². The van der Waals surface area contributed by atoms with Crippen LogP contribution in [0.1, 0.15) is 25.0 Å². The topological polar surface area (TPSA) is 234 Å². The summed E-state index contributed by atoms with van der Waals surface area (Å²) in [6, 6.07) is -4.88. The highest BCUT2D eigenvalue weighted by Crippen LogP contribution is 2.20. The number of aliphatic carboxylic acids is 1. The van der Waals surface area contributed by atoms with Gasteiger partial charge in [0.25, 0.3) is 0 Å². The Bertz CT molecular complexity index is 845. The Labute approximate surface area is 182 Å². The number of likely N-dealkylation sites (tertiary alicyclic amines) is 1. The number of rotatable bonds is 11. The van der Waals surface area contributed by atoms with E-state index in [2.05, 4.69) is 20.6 Å². The van der Waals surface area contributed by atoms with Crippen LogP contribution >= 0.6 is 0 Å². The quantitative estimate of drug-likeness (QED) is 0.174. The van der Waals surface area contributed by atoms with E-state index in [0.717, 1.165) is 0 Å². The Balaban J connectivity index is 2.17. The van der Waals surface area contributed by atoms with Gasteiger partial charge in [0, 0.05) is 24.9 Å². The van der Waals surface area contributed by atoms with Crippen LogP contribution in [0.2, 0.25) is 0 Å². The van der Waals surface area contributed by atoms with E-state index in [1.807, 2.05) is 0 Å². The molecule has 0 radical (unpaired) electrons. The number of amides is 4. The first-order valence-corrected chi connectivity index (χ1v) is 9.90. The number of nitrogens with zero attached hydrogens (tertiary/aromatic N) is 2. The normalized spacial score (nSPS) is 18.4. The maximum Gasteiger partial charge on any atom is 0.326 e. The van der Waals surface area contributed by atoms with Crippen LogP contribution in [0.3, 0.4) is 0 Å². The summed E-state index contributed by atoms with van der Waals surface area (Å²) in [6.07, 6.45) is 3.02. The highest BCUT2D eigenvalue weighted by atomic mass is 16.4. The molecule has 9 N–H and O–H groups in total. The van der Waals surface area contributed by atoms with Crippen molar-refractivity contribution in [2.45, 2.75) is 49.9 Å². The first kappa shape index (κ1) is 24.7. The van der Waals surface area contributed by atoms with Crippen LogP contribution in [0.5, 0.6) is 0 Å². The van der Waals surface area contributed by atoms with E-state index in [0.29, 0.717) is 12.1 Å². The minimum absolute atomic E-state index is 0.0208. The first-order chi connectivity index (χ1) is 15.1. The van der Waals surface area contributed by atoms with E-state index >= 15 is 0 Å². The third kappa shape index (κ3) is 6.49. The number of primary amides is 1. The van der Waals surface area contributed by atoms with Crippen LogP contribution in [-0.4, -0.2) is 92.0 Å². The molecule has 32 heavy (non-hydrogen) atoms. The van der Waals surface area contributed by atoms with Crippen molar-refractivity contribution in [1.82, 2.24) is 25.5 Å². The van der Waals surface area contributed by atoms with Gasteiger partial charge in [-0.15, -0.1) is 0 Å². The second-order valence-corrected chi connectivity index (χ2v) is 7.39. The number of carbonyl (C=O) groups excluding carboxylic acids is 4. The number of aliphatic hydroxyl groups excluding tert-OH is 1. The molecule has 1 aliphatic heterocycles. The number of imidazole rings is 1. The lowest BCUT2D eigenvalue weighted by atomic mass is 10.1. The number of aliphatic hydroxyl groups is 1. The molecular formula is C18H27N7O7. The fraction of sp³-hybridized carbons (Fsp3) is 0.556. The van der Waals surface area contributed by atoms with Gasteiger partial charge in [0.15, 0.2) is 0 Å². The maximum atomic E-state index is 13.2. The summed E-state index contributed by atoms with van der Waals surface area (Å²) >= 11 is 0. The van der Waals surface area contributed by atoms with Crippen molar-refractivity contribution in [2.24, 2.45) is 11.5 Å². The molecule has 1 aromatic heterocycles. The number of carboxylic acids is 1. The maximum absolute atomic E-state index is 13.2. The van der Waals surface area contributed by atoms with Gasteiger partial charge in [-0.05, 0) is 12.8 Å². The van der Waals surface area contributed by atoms with Crippen LogP contribution in [0.4, 0.5) is 0 Å². The van der Waals surface area contributed by atoms with Crippen LogP contribution in [0, 0.1) is 0 Å². The van der Waals surface area contributed by atoms with Gasteiger partial charge < -0.3 is 42.2 Å². The summed E-state index contributed by atoms with van der Waals surface area (Å²) in [6.45, 7) is -0.423. The lowest BCUT2D eigenvalue weighted by Crippen LogP contribution is -2.57. The fourth-order valence-corrected chi connectivity index (χ4v) is 3.35. The van der Waals surface area contributed by atoms with E-state index in [1.54, 1.807) is 0 Å². The van der Waals surface area contributed by atoms with Crippen molar-refractivity contribution in [3.63, 3.8) is 0 Å². The molecule has 0 aromatic carbocycles. The predicted octanol–water partition coefficient (Wildman–Crippen LogP) is -3.81. The lowest BCUT2D eigenvalue weighted by Gasteiger charge is -2.29. The summed E-state index contributed by atoms with van der Waals surface area (Å²) in [7, 11) is 0. The minimum atomic E-state index is -1.53. The SMILES string of the molecule is NC(=O)CC(NC(=O)C1CCCN1C(=O)C(Cc1cnc[nH]1)NC(=O)C(N)CO)C(=O)O. The molecule has 1 aliphatic rings. The molecule has 0 bridgehead atoms. The number of aromatic amines is 1. The second-order valence-electron chi connectivity index (χ2n) is 7.39. The Morgan fingerprint density at radius 2 is 1.97 bits per heavy atom. The van der Waals surface area contributed by atoms with Gasteiger partial charge in [-0.2, -0.15) is 0 Å². The van der Waals surface area contributed by atoms with Crippen molar-refractivity contribution in [2.75, 3.05) is 13.2 Å². The molecule has 0 spiro atoms. The van der Waals surface area contributed by atoms with Crippen LogP contribution < -0.4 is 22.1 Å². The Morgan fingerprint density at radius 3 is 2.53 bits per heavy atom. The summed E-state index contributed by atoms with van der Waals surface area (Å²) in [5.74, 6) is -4.42. The van der Waals surface area contributed by atoms with Gasteiger partial charge in [0.1, 0.15) is 24.2 Å². The Hall–Kier alpha value is -3.52. The molecule has 2 heterocycles. The van der Waals surface area contributed by atoms with Crippen LogP contribution in [0.15, 0.2) is 12.5 Å². The van der Waals surface area contributed by atoms with Crippen molar-refractivity contribution in [1.29, 1.82) is 0 Å². The Morgan fingerprint density at radius 1 is 1.25 bits per heavy atom. The number of hydrogen-bond acceptors (Lipinski definition) is 8. The van der Waals surface area contributed by atoms with E-state index in [9.17, 15) is 29.1 Å². The highest BCUT2D eigenvalue weighted by Gasteiger charge is 2.39. The van der Waals surface area contributed by atoms with Gasteiger partial charge in [0.05, 0.1) is 19.4 Å². The average molecular weight is 453 g/mol. The number of nitrogens with two attached hydrogens (primary N) is 2. The predicted molar refractivity (Wildman–Crippen MR) is 107 cm³/mol. The molecule has 4 amide bonds. The molecule has 1 fully saturated rings. The molecule has 0 saturated carbocycles. The summed E-state index contributed by atoms with van der Waals surface area (Å²) in [5.41, 5.74) is 11.1. The molecule has 14 heteroatoms. The number of carbonyl (C=O) groups is 5. The average Bonchev–Trinajstić information content (AvgIpc) is 3.43. The molecule has 1 aromatic rings. The summed E-state index contributed by atoms with van der Waals surface area (Å²) in [5, 5.41) is 23.0. The van der Waals surface area contributed by atoms with E-state index in [4.69, 9.17) is 16.6 Å². The molecule has 2 rings (SSSR count). The standard InChI is InChI=1S/C18H27N7O7/c19-10(7-26)15(28)23-11(4-9-6-21-8-22-9)17(30)25-3-1-2-13(25)16(29)24-12(18(31)32)5-14(20)27/h6,8,10-13,26H,1-5,7,19H2,(H2,20,27)(H,21,22)(H,23,28)(H,24,29)(H,31,32). The lowest BCUT2D eigenvalue weighted by molar-refractivity contribution is -0.145. The van der Waals surface area contributed by atoms with E-state index < -0.39 is 66.8 Å². The number of hydrogen-bond donors (Lipinski definition) is 7. The zero-order chi connectivity index (χ0) is 23.8. The zero-order valence-electron chi connectivity index (χ0n) is 17.2. The first-order valence-electron chi connectivity index (χ1n) is 9.90. The molecule has 4 atom stereocenters. The largest absolute Gasteiger partial charge is 0.480 e. The monoisotopic (exact) mass is 453 g/mol. The van der Waals surface area contributed by atoms with E-state index in [1.165, 1.54) is 17.4 Å². The van der Waals surface area contributed by atoms with Crippen molar-refractivity contribution >= 4 is 29.6 Å². The number of H-pyrrole nitrogens is 1. The second kappa shape index (κ2) is 11.2. The van der Waals surface area contributed by atoms with Gasteiger partial charge in [-0.1, -0.05) is 0 Å². The van der Waals surface area contributed by atoms with Gasteiger partial charge in [-0.3, -0.25) is 19.2 Å². The highest BCUT2D eigenvalue weighted by molar-refractivity contribution is 5.95. The summed E-state index contributed by atoms with van der Waals surface area (Å²) in [4.78, 5) is 68.4. The zero-order valence-corrected chi connectivity index (χ0v) is 17.2. The molecule has 14 nitrogen and oxygen atoms in total. The molecule has 1 saturated heterocycles. The Kier molecular flexibility index (Phi) is 8.66. The van der Waals surface area contributed by atoms with E-state index in [-0.39, 0.29) is 19.4 Å². The van der Waals surface area contributed by atoms with Crippen molar-refractivity contribution in [3.05, 3.63) is 18.2 Å². The smallest absolute Gasteiger partial charge is 0.326 e. The third-order valence-electron chi connectivity index (χ3n) is 4.99. The molecule has 4 unspecified atom stereocenters. The van der Waals surface area contributed by atoms with Crippen molar-refractivity contribution in [3.8, 4) is 0 Å². The molecular weight excluding hydrogens is 426 g/mol.